The van der Waals surface area contributed by atoms with Gasteiger partial charge in [-0.15, -0.1) is 6.42 Å². The Kier molecular flexibility index (Phi) is 1.49. The summed E-state index contributed by atoms with van der Waals surface area (Å²) in [6, 6.07) is 5.57. The molecule has 12 heavy (non-hydrogen) atoms. The van der Waals surface area contributed by atoms with E-state index < -0.39 is 0 Å². The van der Waals surface area contributed by atoms with Crippen LogP contribution in [-0.4, -0.2) is 9.97 Å². The molecule has 2 heteroatoms. The smallest absolute Gasteiger partial charge is 0.113 e. The average molecular weight is 154 g/mol. The van der Waals surface area contributed by atoms with Gasteiger partial charge in [0.15, 0.2) is 0 Å². The average Bonchev–Trinajstić information content (AvgIpc) is 2.17. The molecule has 0 atom stereocenters. The zero-order valence-electron chi connectivity index (χ0n) is 6.36. The highest BCUT2D eigenvalue weighted by atomic mass is 14.7. The molecule has 0 radical (unpaired) electrons. The first-order valence-corrected chi connectivity index (χ1v) is 3.57. The Morgan fingerprint density at radius 2 is 2.17 bits per heavy atom. The summed E-state index contributed by atoms with van der Waals surface area (Å²) in [5, 5.41) is 1.01. The van der Waals surface area contributed by atoms with Crippen LogP contribution in [0.1, 0.15) is 5.69 Å². The second kappa shape index (κ2) is 2.63. The number of nitrogens with zero attached hydrogens (tertiary/aromatic N) is 2. The molecule has 0 aromatic carbocycles. The second-order valence-corrected chi connectivity index (χ2v) is 2.41. The van der Waals surface area contributed by atoms with Crippen molar-refractivity contribution in [2.45, 2.75) is 0 Å². The minimum absolute atomic E-state index is 0.661. The number of fused-ring (bicyclic) bond motifs is 1. The minimum Gasteiger partial charge on any atom is -0.264 e. The van der Waals surface area contributed by atoms with Crippen molar-refractivity contribution in [1.82, 2.24) is 9.97 Å². The molecule has 0 aliphatic rings. The van der Waals surface area contributed by atoms with Crippen molar-refractivity contribution in [1.29, 1.82) is 0 Å². The molecule has 2 aromatic rings. The molecule has 0 N–H and O–H groups in total. The van der Waals surface area contributed by atoms with Crippen LogP contribution in [0.25, 0.3) is 10.9 Å². The number of rotatable bonds is 0. The SMILES string of the molecule is C#Cc1ccc2cnccc2n1. The van der Waals surface area contributed by atoms with Crippen LogP contribution in [-0.2, 0) is 0 Å². The Labute approximate surface area is 70.3 Å². The van der Waals surface area contributed by atoms with Crippen LogP contribution in [0, 0.1) is 12.3 Å². The van der Waals surface area contributed by atoms with Crippen LogP contribution < -0.4 is 0 Å². The Morgan fingerprint density at radius 1 is 1.25 bits per heavy atom. The lowest BCUT2D eigenvalue weighted by Gasteiger charge is -1.94. The van der Waals surface area contributed by atoms with Gasteiger partial charge in [0, 0.05) is 17.8 Å². The van der Waals surface area contributed by atoms with Crippen molar-refractivity contribution < 1.29 is 0 Å². The van der Waals surface area contributed by atoms with E-state index in [1.165, 1.54) is 0 Å². The molecule has 2 aromatic heterocycles. The molecular formula is C10H6N2. The zero-order valence-corrected chi connectivity index (χ0v) is 6.36. The standard InChI is InChI=1S/C10H6N2/c1-2-9-4-3-8-7-11-6-5-10(8)12-9/h1,3-7H. The summed E-state index contributed by atoms with van der Waals surface area (Å²) in [7, 11) is 0. The predicted octanol–water partition coefficient (Wildman–Crippen LogP) is 1.61. The largest absolute Gasteiger partial charge is 0.264 e. The van der Waals surface area contributed by atoms with Crippen molar-refractivity contribution in [3.63, 3.8) is 0 Å². The highest BCUT2D eigenvalue weighted by Crippen LogP contribution is 2.09. The van der Waals surface area contributed by atoms with Gasteiger partial charge in [0.2, 0.25) is 0 Å². The maximum atomic E-state index is 5.21. The lowest BCUT2D eigenvalue weighted by molar-refractivity contribution is 1.31. The molecule has 0 bridgehead atoms. The molecule has 2 rings (SSSR count). The molecule has 2 nitrogen and oxygen atoms in total. The van der Waals surface area contributed by atoms with Gasteiger partial charge in [-0.1, -0.05) is 5.92 Å². The molecule has 56 valence electrons. The van der Waals surface area contributed by atoms with Crippen LogP contribution >= 0.6 is 0 Å². The maximum absolute atomic E-state index is 5.21. The number of aromatic nitrogens is 2. The summed E-state index contributed by atoms with van der Waals surface area (Å²) in [6.07, 6.45) is 8.68. The molecule has 0 aliphatic carbocycles. The first-order chi connectivity index (χ1) is 5.90. The van der Waals surface area contributed by atoms with Gasteiger partial charge in [0.25, 0.3) is 0 Å². The number of hydrogen-bond acceptors (Lipinski definition) is 2. The van der Waals surface area contributed by atoms with Gasteiger partial charge in [-0.3, -0.25) is 4.98 Å². The molecule has 0 amide bonds. The quantitative estimate of drug-likeness (QED) is 0.539. The summed E-state index contributed by atoms with van der Waals surface area (Å²) in [4.78, 5) is 8.19. The van der Waals surface area contributed by atoms with E-state index in [0.717, 1.165) is 10.9 Å². The van der Waals surface area contributed by atoms with Crippen molar-refractivity contribution in [3.8, 4) is 12.3 Å². The van der Waals surface area contributed by atoms with Crippen molar-refractivity contribution in [2.24, 2.45) is 0 Å². The number of hydrogen-bond donors (Lipinski definition) is 0. The highest BCUT2D eigenvalue weighted by Gasteiger charge is 1.93. The number of pyridine rings is 2. The third-order valence-corrected chi connectivity index (χ3v) is 1.64. The van der Waals surface area contributed by atoms with E-state index in [4.69, 9.17) is 6.42 Å². The molecule has 0 saturated carbocycles. The van der Waals surface area contributed by atoms with Crippen LogP contribution in [0.15, 0.2) is 30.6 Å². The minimum atomic E-state index is 0.661. The fourth-order valence-corrected chi connectivity index (χ4v) is 1.05. The first kappa shape index (κ1) is 6.81. The van der Waals surface area contributed by atoms with Crippen LogP contribution in [0.4, 0.5) is 0 Å². The zero-order chi connectivity index (χ0) is 8.39. The third kappa shape index (κ3) is 1.02. The van der Waals surface area contributed by atoms with E-state index in [-0.39, 0.29) is 0 Å². The Hall–Kier alpha value is -1.88. The summed E-state index contributed by atoms with van der Waals surface area (Å²) in [5.41, 5.74) is 1.55. The predicted molar refractivity (Wildman–Crippen MR) is 47.5 cm³/mol. The summed E-state index contributed by atoms with van der Waals surface area (Å²) >= 11 is 0. The fraction of sp³-hybridized carbons (Fsp3) is 0. The van der Waals surface area contributed by atoms with Gasteiger partial charge in [-0.2, -0.15) is 0 Å². The van der Waals surface area contributed by atoms with E-state index in [2.05, 4.69) is 15.9 Å². The monoisotopic (exact) mass is 154 g/mol. The lowest BCUT2D eigenvalue weighted by Crippen LogP contribution is -1.83. The van der Waals surface area contributed by atoms with E-state index in [1.54, 1.807) is 12.4 Å². The third-order valence-electron chi connectivity index (χ3n) is 1.64. The Balaban J connectivity index is 2.78. The van der Waals surface area contributed by atoms with E-state index >= 15 is 0 Å². The van der Waals surface area contributed by atoms with Crippen molar-refractivity contribution in [3.05, 3.63) is 36.3 Å². The summed E-state index contributed by atoms with van der Waals surface area (Å²) in [6.45, 7) is 0. The number of terminal acetylenes is 1. The molecular weight excluding hydrogens is 148 g/mol. The van der Waals surface area contributed by atoms with Crippen molar-refractivity contribution >= 4 is 10.9 Å². The van der Waals surface area contributed by atoms with Crippen LogP contribution in [0.2, 0.25) is 0 Å². The van der Waals surface area contributed by atoms with Gasteiger partial charge in [0.1, 0.15) is 5.69 Å². The summed E-state index contributed by atoms with van der Waals surface area (Å²) < 4.78 is 0. The van der Waals surface area contributed by atoms with Crippen LogP contribution in [0.5, 0.6) is 0 Å². The molecule has 0 spiro atoms. The molecule has 0 aliphatic heterocycles. The van der Waals surface area contributed by atoms with Gasteiger partial charge in [0.05, 0.1) is 5.52 Å². The first-order valence-electron chi connectivity index (χ1n) is 3.57. The molecule has 2 heterocycles. The Bertz CT molecular complexity index is 455. The van der Waals surface area contributed by atoms with Gasteiger partial charge in [-0.25, -0.2) is 4.98 Å². The van der Waals surface area contributed by atoms with Gasteiger partial charge in [-0.05, 0) is 18.2 Å². The topological polar surface area (TPSA) is 25.8 Å². The maximum Gasteiger partial charge on any atom is 0.113 e. The molecule has 0 saturated heterocycles. The van der Waals surface area contributed by atoms with Crippen molar-refractivity contribution in [2.75, 3.05) is 0 Å². The Morgan fingerprint density at radius 3 is 3.00 bits per heavy atom. The second-order valence-electron chi connectivity index (χ2n) is 2.41. The molecule has 0 unspecified atom stereocenters. The lowest BCUT2D eigenvalue weighted by atomic mass is 10.2. The van der Waals surface area contributed by atoms with Gasteiger partial charge < -0.3 is 0 Å². The molecule has 0 fully saturated rings. The fourth-order valence-electron chi connectivity index (χ4n) is 1.05. The van der Waals surface area contributed by atoms with Crippen LogP contribution in [0.3, 0.4) is 0 Å². The van der Waals surface area contributed by atoms with E-state index in [0.29, 0.717) is 5.69 Å². The summed E-state index contributed by atoms with van der Waals surface area (Å²) in [5.74, 6) is 2.49. The van der Waals surface area contributed by atoms with E-state index in [1.807, 2.05) is 18.2 Å². The normalized spacial score (nSPS) is 9.58. The highest BCUT2D eigenvalue weighted by molar-refractivity contribution is 5.77. The van der Waals surface area contributed by atoms with E-state index in [9.17, 15) is 0 Å². The van der Waals surface area contributed by atoms with Gasteiger partial charge >= 0.3 is 0 Å².